The van der Waals surface area contributed by atoms with E-state index < -0.39 is 0 Å². The van der Waals surface area contributed by atoms with Gasteiger partial charge in [-0.1, -0.05) is 47.0 Å². The van der Waals surface area contributed by atoms with Crippen molar-refractivity contribution in [2.24, 2.45) is 0 Å². The van der Waals surface area contributed by atoms with Crippen LogP contribution in [0.3, 0.4) is 0 Å². The summed E-state index contributed by atoms with van der Waals surface area (Å²) in [5, 5.41) is 7.42. The Hall–Kier alpha value is -0.380. The Morgan fingerprint density at radius 2 is 2.05 bits per heavy atom. The van der Waals surface area contributed by atoms with Crippen molar-refractivity contribution in [1.29, 1.82) is 0 Å². The molecule has 1 fully saturated rings. The molecule has 0 aliphatic carbocycles. The van der Waals surface area contributed by atoms with Gasteiger partial charge in [0.05, 0.1) is 0 Å². The lowest BCUT2D eigenvalue weighted by Gasteiger charge is -2.25. The normalized spacial score (nSPS) is 23.1. The third kappa shape index (κ3) is 4.87. The van der Waals surface area contributed by atoms with Crippen molar-refractivity contribution >= 4 is 15.9 Å². The van der Waals surface area contributed by atoms with Crippen LogP contribution in [0.5, 0.6) is 0 Å². The first-order valence-electron chi connectivity index (χ1n) is 7.90. The number of nitrogens with one attached hydrogen (secondary N) is 2. The highest BCUT2D eigenvalue weighted by Gasteiger charge is 2.17. The molecular weight excluding hydrogens is 312 g/mol. The van der Waals surface area contributed by atoms with Gasteiger partial charge in [0, 0.05) is 22.6 Å². The molecule has 3 atom stereocenters. The molecular formula is C17H27BrN2. The van der Waals surface area contributed by atoms with Gasteiger partial charge in [0.2, 0.25) is 0 Å². The van der Waals surface area contributed by atoms with Crippen molar-refractivity contribution in [3.8, 4) is 0 Å². The molecule has 1 aliphatic heterocycles. The van der Waals surface area contributed by atoms with Crippen LogP contribution >= 0.6 is 15.9 Å². The Balaban J connectivity index is 1.84. The molecule has 2 nitrogen and oxygen atoms in total. The van der Waals surface area contributed by atoms with E-state index in [1.54, 1.807) is 0 Å². The predicted molar refractivity (Wildman–Crippen MR) is 90.0 cm³/mol. The Labute approximate surface area is 131 Å². The first-order valence-corrected chi connectivity index (χ1v) is 8.70. The summed E-state index contributed by atoms with van der Waals surface area (Å²) in [6, 6.07) is 10.1. The summed E-state index contributed by atoms with van der Waals surface area (Å²) in [5.74, 6) is 0. The average molecular weight is 339 g/mol. The third-order valence-corrected chi connectivity index (χ3v) is 4.93. The predicted octanol–water partition coefficient (Wildman–Crippen LogP) is 4.41. The van der Waals surface area contributed by atoms with Crippen LogP contribution in [0.25, 0.3) is 0 Å². The maximum absolute atomic E-state index is 3.73. The summed E-state index contributed by atoms with van der Waals surface area (Å²) in [7, 11) is 0. The summed E-state index contributed by atoms with van der Waals surface area (Å²) in [6.07, 6.45) is 6.65. The third-order valence-electron chi connectivity index (χ3n) is 4.21. The molecule has 20 heavy (non-hydrogen) atoms. The van der Waals surface area contributed by atoms with Crippen LogP contribution in [-0.4, -0.2) is 18.6 Å². The van der Waals surface area contributed by atoms with Crippen molar-refractivity contribution in [3.63, 3.8) is 0 Å². The van der Waals surface area contributed by atoms with Gasteiger partial charge in [-0.2, -0.15) is 0 Å². The van der Waals surface area contributed by atoms with Crippen LogP contribution in [0.1, 0.15) is 57.6 Å². The fourth-order valence-corrected chi connectivity index (χ4v) is 3.77. The molecule has 0 saturated carbocycles. The van der Waals surface area contributed by atoms with Crippen molar-refractivity contribution in [3.05, 3.63) is 34.3 Å². The lowest BCUT2D eigenvalue weighted by molar-refractivity contribution is 0.380. The quantitative estimate of drug-likeness (QED) is 0.830. The van der Waals surface area contributed by atoms with Gasteiger partial charge in [0.1, 0.15) is 0 Å². The maximum atomic E-state index is 3.73. The van der Waals surface area contributed by atoms with E-state index in [4.69, 9.17) is 0 Å². The molecule has 3 heteroatoms. The molecule has 112 valence electrons. The van der Waals surface area contributed by atoms with Gasteiger partial charge < -0.3 is 10.6 Å². The SMILES string of the molecule is CC(CC1CCCCCN1)NC(C)c1ccccc1Br. The van der Waals surface area contributed by atoms with E-state index in [0.29, 0.717) is 18.1 Å². The maximum Gasteiger partial charge on any atom is 0.0305 e. The number of rotatable bonds is 5. The summed E-state index contributed by atoms with van der Waals surface area (Å²) >= 11 is 3.64. The fourth-order valence-electron chi connectivity index (χ4n) is 3.14. The highest BCUT2D eigenvalue weighted by atomic mass is 79.9. The van der Waals surface area contributed by atoms with Crippen molar-refractivity contribution in [2.45, 2.75) is 64.1 Å². The van der Waals surface area contributed by atoms with Crippen molar-refractivity contribution in [2.75, 3.05) is 6.54 Å². The minimum absolute atomic E-state index is 0.381. The Morgan fingerprint density at radius 3 is 2.85 bits per heavy atom. The number of hydrogen-bond donors (Lipinski definition) is 2. The first-order chi connectivity index (χ1) is 9.66. The van der Waals surface area contributed by atoms with E-state index in [9.17, 15) is 0 Å². The van der Waals surface area contributed by atoms with E-state index in [1.165, 1.54) is 48.7 Å². The smallest absolute Gasteiger partial charge is 0.0305 e. The summed E-state index contributed by atoms with van der Waals surface area (Å²) in [5.41, 5.74) is 1.34. The van der Waals surface area contributed by atoms with Crippen LogP contribution in [0.15, 0.2) is 28.7 Å². The Bertz CT molecular complexity index is 400. The van der Waals surface area contributed by atoms with Gasteiger partial charge in [-0.25, -0.2) is 0 Å². The summed E-state index contributed by atoms with van der Waals surface area (Å²) in [6.45, 7) is 5.74. The molecule has 1 aliphatic rings. The zero-order chi connectivity index (χ0) is 14.4. The summed E-state index contributed by atoms with van der Waals surface area (Å²) < 4.78 is 1.19. The lowest BCUT2D eigenvalue weighted by atomic mass is 10.0. The largest absolute Gasteiger partial charge is 0.314 e. The van der Waals surface area contributed by atoms with E-state index in [2.05, 4.69) is 64.7 Å². The first kappa shape index (κ1) is 16.0. The van der Waals surface area contributed by atoms with E-state index in [1.807, 2.05) is 0 Å². The van der Waals surface area contributed by atoms with Gasteiger partial charge in [-0.15, -0.1) is 0 Å². The Kier molecular flexibility index (Phi) is 6.53. The highest BCUT2D eigenvalue weighted by molar-refractivity contribution is 9.10. The molecule has 1 aromatic rings. The van der Waals surface area contributed by atoms with Crippen molar-refractivity contribution < 1.29 is 0 Å². The van der Waals surface area contributed by atoms with Crippen molar-refractivity contribution in [1.82, 2.24) is 10.6 Å². The zero-order valence-electron chi connectivity index (χ0n) is 12.7. The minimum atomic E-state index is 0.381. The van der Waals surface area contributed by atoms with E-state index >= 15 is 0 Å². The van der Waals surface area contributed by atoms with E-state index in [0.717, 1.165) is 0 Å². The molecule has 0 radical (unpaired) electrons. The van der Waals surface area contributed by atoms with E-state index in [-0.39, 0.29) is 0 Å². The van der Waals surface area contributed by atoms with Gasteiger partial charge in [0.25, 0.3) is 0 Å². The molecule has 0 bridgehead atoms. The number of hydrogen-bond acceptors (Lipinski definition) is 2. The second-order valence-electron chi connectivity index (χ2n) is 6.05. The van der Waals surface area contributed by atoms with Crippen LogP contribution in [0.2, 0.25) is 0 Å². The average Bonchev–Trinajstić information content (AvgIpc) is 2.67. The second-order valence-corrected chi connectivity index (χ2v) is 6.90. The molecule has 1 saturated heterocycles. The minimum Gasteiger partial charge on any atom is -0.314 e. The van der Waals surface area contributed by atoms with Crippen LogP contribution < -0.4 is 10.6 Å². The topological polar surface area (TPSA) is 24.1 Å². The molecule has 1 heterocycles. The van der Waals surface area contributed by atoms with Gasteiger partial charge in [-0.3, -0.25) is 0 Å². The number of halogens is 1. The van der Waals surface area contributed by atoms with Crippen LogP contribution in [-0.2, 0) is 0 Å². The standard InChI is InChI=1S/C17H27BrN2/c1-13(12-15-8-4-3-7-11-19-15)20-14(2)16-9-5-6-10-17(16)18/h5-6,9-10,13-15,19-20H,3-4,7-8,11-12H2,1-2H3. The number of benzene rings is 1. The molecule has 2 rings (SSSR count). The second kappa shape index (κ2) is 8.16. The highest BCUT2D eigenvalue weighted by Crippen LogP contribution is 2.23. The molecule has 0 aromatic heterocycles. The fraction of sp³-hybridized carbons (Fsp3) is 0.647. The molecule has 0 amide bonds. The van der Waals surface area contributed by atoms with Gasteiger partial charge in [0.15, 0.2) is 0 Å². The molecule has 3 unspecified atom stereocenters. The molecule has 1 aromatic carbocycles. The molecule has 2 N–H and O–H groups in total. The van der Waals surface area contributed by atoms with Crippen LogP contribution in [0, 0.1) is 0 Å². The molecule has 0 spiro atoms. The monoisotopic (exact) mass is 338 g/mol. The summed E-state index contributed by atoms with van der Waals surface area (Å²) in [4.78, 5) is 0. The van der Waals surface area contributed by atoms with Gasteiger partial charge >= 0.3 is 0 Å². The Morgan fingerprint density at radius 1 is 1.25 bits per heavy atom. The van der Waals surface area contributed by atoms with Crippen LogP contribution in [0.4, 0.5) is 0 Å². The van der Waals surface area contributed by atoms with Gasteiger partial charge in [-0.05, 0) is 51.3 Å². The zero-order valence-corrected chi connectivity index (χ0v) is 14.2. The lowest BCUT2D eigenvalue weighted by Crippen LogP contribution is -2.37.